The van der Waals surface area contributed by atoms with E-state index < -0.39 is 11.9 Å². The summed E-state index contributed by atoms with van der Waals surface area (Å²) in [4.78, 5) is 29.7. The average molecular weight is 443 g/mol. The Morgan fingerprint density at radius 2 is 1.74 bits per heavy atom. The van der Waals surface area contributed by atoms with Crippen molar-refractivity contribution in [2.75, 3.05) is 11.9 Å². The van der Waals surface area contributed by atoms with Crippen molar-refractivity contribution in [3.63, 3.8) is 0 Å². The molecule has 27 heavy (non-hydrogen) atoms. The summed E-state index contributed by atoms with van der Waals surface area (Å²) >= 11 is 4.71. The van der Waals surface area contributed by atoms with E-state index in [9.17, 15) is 9.59 Å². The zero-order valence-corrected chi connectivity index (χ0v) is 16.5. The molecule has 5 nitrogen and oxygen atoms in total. The van der Waals surface area contributed by atoms with Gasteiger partial charge in [-0.15, -0.1) is 0 Å². The summed E-state index contributed by atoms with van der Waals surface area (Å²) < 4.78 is 5.91. The van der Waals surface area contributed by atoms with Gasteiger partial charge in [0.15, 0.2) is 6.61 Å². The highest BCUT2D eigenvalue weighted by atomic mass is 79.9. The number of amides is 1. The largest absolute Gasteiger partial charge is 0.452 e. The lowest BCUT2D eigenvalue weighted by Gasteiger charge is -2.10. The third-order valence-electron chi connectivity index (χ3n) is 3.43. The number of anilines is 1. The van der Waals surface area contributed by atoms with Gasteiger partial charge in [0.2, 0.25) is 0 Å². The first-order valence-corrected chi connectivity index (χ1v) is 9.64. The maximum atomic E-state index is 12.4. The Hall–Kier alpha value is -2.64. The van der Waals surface area contributed by atoms with E-state index >= 15 is 0 Å². The smallest absolute Gasteiger partial charge is 0.341 e. The maximum Gasteiger partial charge on any atom is 0.341 e. The fourth-order valence-electron chi connectivity index (χ4n) is 2.19. The fraction of sp³-hybridized carbons (Fsp3) is 0.0500. The van der Waals surface area contributed by atoms with E-state index in [0.717, 1.165) is 9.37 Å². The Bertz CT molecular complexity index is 951. The van der Waals surface area contributed by atoms with E-state index in [2.05, 4.69) is 26.2 Å². The third kappa shape index (κ3) is 5.42. The molecule has 0 radical (unpaired) electrons. The summed E-state index contributed by atoms with van der Waals surface area (Å²) in [5.74, 6) is -1.01. The molecule has 136 valence electrons. The van der Waals surface area contributed by atoms with Crippen LogP contribution in [-0.2, 0) is 9.53 Å². The molecule has 0 unspecified atom stereocenters. The molecule has 1 N–H and O–H groups in total. The lowest BCUT2D eigenvalue weighted by Crippen LogP contribution is -2.21. The molecule has 3 rings (SSSR count). The van der Waals surface area contributed by atoms with Crippen molar-refractivity contribution in [2.24, 2.45) is 0 Å². The minimum absolute atomic E-state index is 0.319. The topological polar surface area (TPSA) is 68.3 Å². The summed E-state index contributed by atoms with van der Waals surface area (Å²) in [5, 5.41) is 3.22. The third-order valence-corrected chi connectivity index (χ3v) is 5.15. The minimum atomic E-state index is -0.594. The SMILES string of the molecule is O=C(COC(=O)c1cccnc1Sc1ccccc1)Nc1ccccc1Br. The lowest BCUT2D eigenvalue weighted by atomic mass is 10.3. The fourth-order valence-corrected chi connectivity index (χ4v) is 3.46. The number of rotatable bonds is 6. The van der Waals surface area contributed by atoms with Crippen LogP contribution in [0.3, 0.4) is 0 Å². The molecule has 0 atom stereocenters. The quantitative estimate of drug-likeness (QED) is 0.555. The van der Waals surface area contributed by atoms with Gasteiger partial charge < -0.3 is 10.1 Å². The number of halogens is 1. The molecule has 3 aromatic rings. The Morgan fingerprint density at radius 1 is 1.00 bits per heavy atom. The first kappa shape index (κ1) is 19.1. The molecule has 0 fully saturated rings. The van der Waals surface area contributed by atoms with Crippen LogP contribution in [0.25, 0.3) is 0 Å². The van der Waals surface area contributed by atoms with Crippen molar-refractivity contribution in [2.45, 2.75) is 9.92 Å². The van der Waals surface area contributed by atoms with E-state index in [1.807, 2.05) is 42.5 Å². The number of nitrogens with one attached hydrogen (secondary N) is 1. The number of esters is 1. The lowest BCUT2D eigenvalue weighted by molar-refractivity contribution is -0.119. The second kappa shape index (κ2) is 9.34. The molecule has 1 amide bonds. The van der Waals surface area contributed by atoms with Crippen molar-refractivity contribution < 1.29 is 14.3 Å². The number of carbonyl (C=O) groups is 2. The number of hydrogen-bond acceptors (Lipinski definition) is 5. The summed E-state index contributed by atoms with van der Waals surface area (Å²) in [6, 6.07) is 20.1. The first-order valence-electron chi connectivity index (χ1n) is 8.03. The van der Waals surface area contributed by atoms with Gasteiger partial charge in [0.1, 0.15) is 5.03 Å². The van der Waals surface area contributed by atoms with Crippen molar-refractivity contribution in [1.82, 2.24) is 4.98 Å². The molecule has 0 bridgehead atoms. The van der Waals surface area contributed by atoms with Gasteiger partial charge in [-0.05, 0) is 52.3 Å². The van der Waals surface area contributed by atoms with Crippen LogP contribution in [-0.4, -0.2) is 23.5 Å². The Balaban J connectivity index is 1.63. The van der Waals surface area contributed by atoms with E-state index in [0.29, 0.717) is 16.3 Å². The van der Waals surface area contributed by atoms with Crippen LogP contribution in [0.1, 0.15) is 10.4 Å². The number of hydrogen-bond donors (Lipinski definition) is 1. The zero-order chi connectivity index (χ0) is 19.1. The van der Waals surface area contributed by atoms with E-state index in [4.69, 9.17) is 4.74 Å². The van der Waals surface area contributed by atoms with E-state index in [-0.39, 0.29) is 6.61 Å². The molecule has 0 aliphatic heterocycles. The predicted molar refractivity (Wildman–Crippen MR) is 108 cm³/mol. The number of ether oxygens (including phenoxy) is 1. The Kier molecular flexibility index (Phi) is 6.62. The molecule has 0 aliphatic rings. The number of para-hydroxylation sites is 1. The second-order valence-corrected chi connectivity index (χ2v) is 7.29. The molecule has 0 saturated heterocycles. The number of carbonyl (C=O) groups excluding carboxylic acids is 2. The summed E-state index contributed by atoms with van der Waals surface area (Å²) in [7, 11) is 0. The van der Waals surface area contributed by atoms with Crippen molar-refractivity contribution in [3.8, 4) is 0 Å². The summed E-state index contributed by atoms with van der Waals surface area (Å²) in [6.07, 6.45) is 1.61. The van der Waals surface area contributed by atoms with Gasteiger partial charge in [0, 0.05) is 15.6 Å². The number of aromatic nitrogens is 1. The Morgan fingerprint density at radius 3 is 2.52 bits per heavy atom. The highest BCUT2D eigenvalue weighted by molar-refractivity contribution is 9.10. The van der Waals surface area contributed by atoms with Crippen LogP contribution < -0.4 is 5.32 Å². The molecule has 7 heteroatoms. The van der Waals surface area contributed by atoms with Gasteiger partial charge >= 0.3 is 5.97 Å². The highest BCUT2D eigenvalue weighted by Gasteiger charge is 2.16. The van der Waals surface area contributed by atoms with Crippen molar-refractivity contribution >= 4 is 45.3 Å². The zero-order valence-electron chi connectivity index (χ0n) is 14.1. The van der Waals surface area contributed by atoms with Gasteiger partial charge in [0.25, 0.3) is 5.91 Å². The number of benzene rings is 2. The molecular weight excluding hydrogens is 428 g/mol. The molecular formula is C20H15BrN2O3S. The van der Waals surface area contributed by atoms with E-state index in [1.54, 1.807) is 30.5 Å². The Labute approximate surface area is 169 Å². The number of nitrogens with zero attached hydrogens (tertiary/aromatic N) is 1. The molecule has 1 heterocycles. The van der Waals surface area contributed by atoms with Crippen LogP contribution in [0.2, 0.25) is 0 Å². The molecule has 0 spiro atoms. The van der Waals surface area contributed by atoms with Crippen LogP contribution in [0.15, 0.2) is 87.3 Å². The standard InChI is InChI=1S/C20H15BrN2O3S/c21-16-10-4-5-11-17(16)23-18(24)13-26-20(25)15-9-6-12-22-19(15)27-14-7-2-1-3-8-14/h1-12H,13H2,(H,23,24). The van der Waals surface area contributed by atoms with Gasteiger partial charge in [-0.25, -0.2) is 9.78 Å². The molecule has 1 aromatic heterocycles. The maximum absolute atomic E-state index is 12.4. The van der Waals surface area contributed by atoms with Crippen molar-refractivity contribution in [1.29, 1.82) is 0 Å². The summed E-state index contributed by atoms with van der Waals surface area (Å²) in [5.41, 5.74) is 0.931. The van der Waals surface area contributed by atoms with Crippen LogP contribution in [0.4, 0.5) is 5.69 Å². The van der Waals surface area contributed by atoms with Gasteiger partial charge in [-0.3, -0.25) is 4.79 Å². The monoisotopic (exact) mass is 442 g/mol. The van der Waals surface area contributed by atoms with Crippen LogP contribution >= 0.6 is 27.7 Å². The highest BCUT2D eigenvalue weighted by Crippen LogP contribution is 2.28. The predicted octanol–water partition coefficient (Wildman–Crippen LogP) is 4.79. The van der Waals surface area contributed by atoms with Crippen LogP contribution in [0, 0.1) is 0 Å². The van der Waals surface area contributed by atoms with Gasteiger partial charge in [-0.2, -0.15) is 0 Å². The van der Waals surface area contributed by atoms with Gasteiger partial charge in [-0.1, -0.05) is 42.1 Å². The normalized spacial score (nSPS) is 10.3. The van der Waals surface area contributed by atoms with Crippen molar-refractivity contribution in [3.05, 3.63) is 83.0 Å². The summed E-state index contributed by atoms with van der Waals surface area (Å²) in [6.45, 7) is -0.384. The average Bonchev–Trinajstić information content (AvgIpc) is 2.69. The molecule has 0 aliphatic carbocycles. The van der Waals surface area contributed by atoms with Gasteiger partial charge in [0.05, 0.1) is 11.3 Å². The second-order valence-electron chi connectivity index (χ2n) is 5.38. The van der Waals surface area contributed by atoms with E-state index in [1.165, 1.54) is 11.8 Å². The molecule has 2 aromatic carbocycles. The minimum Gasteiger partial charge on any atom is -0.452 e. The van der Waals surface area contributed by atoms with Crippen LogP contribution in [0.5, 0.6) is 0 Å². The number of pyridine rings is 1. The first-order chi connectivity index (χ1) is 13.1. The molecule has 0 saturated carbocycles.